The van der Waals surface area contributed by atoms with Crippen LogP contribution in [0.3, 0.4) is 0 Å². The maximum Gasteiger partial charge on any atom is 0.573 e. The molecule has 166 valence electrons. The van der Waals surface area contributed by atoms with Gasteiger partial charge in [-0.3, -0.25) is 0 Å². The lowest BCUT2D eigenvalue weighted by Crippen LogP contribution is -2.41. The van der Waals surface area contributed by atoms with Crippen LogP contribution in [0.1, 0.15) is 82.6 Å². The van der Waals surface area contributed by atoms with Gasteiger partial charge in [0.15, 0.2) is 0 Å². The van der Waals surface area contributed by atoms with E-state index < -0.39 is 6.36 Å². The minimum absolute atomic E-state index is 0.119. The van der Waals surface area contributed by atoms with Crippen molar-refractivity contribution in [3.05, 3.63) is 42.0 Å². The fourth-order valence-electron chi connectivity index (χ4n) is 6.90. The van der Waals surface area contributed by atoms with Crippen molar-refractivity contribution in [2.75, 3.05) is 0 Å². The highest BCUT2D eigenvalue weighted by Crippen LogP contribution is 2.55. The second kappa shape index (κ2) is 9.36. The van der Waals surface area contributed by atoms with Gasteiger partial charge in [-0.05, 0) is 118 Å². The first-order chi connectivity index (χ1) is 14.4. The number of hydrogen-bond donors (Lipinski definition) is 0. The third kappa shape index (κ3) is 5.23. The smallest absolute Gasteiger partial charge is 0.406 e. The van der Waals surface area contributed by atoms with E-state index in [0.717, 1.165) is 29.6 Å². The number of halogens is 3. The number of allylic oxidation sites excluding steroid dienone is 2. The minimum Gasteiger partial charge on any atom is -0.406 e. The van der Waals surface area contributed by atoms with Crippen molar-refractivity contribution < 1.29 is 17.9 Å². The molecule has 0 bridgehead atoms. The molecule has 3 aliphatic rings. The van der Waals surface area contributed by atoms with Gasteiger partial charge >= 0.3 is 6.36 Å². The topological polar surface area (TPSA) is 9.23 Å². The molecule has 0 aromatic heterocycles. The lowest BCUT2D eigenvalue weighted by Gasteiger charge is -2.51. The van der Waals surface area contributed by atoms with Gasteiger partial charge in [0.05, 0.1) is 0 Å². The van der Waals surface area contributed by atoms with E-state index in [9.17, 15) is 13.2 Å². The van der Waals surface area contributed by atoms with E-state index >= 15 is 0 Å². The van der Waals surface area contributed by atoms with E-state index in [1.54, 1.807) is 0 Å². The van der Waals surface area contributed by atoms with E-state index in [1.165, 1.54) is 81.9 Å². The van der Waals surface area contributed by atoms with Gasteiger partial charge in [-0.2, -0.15) is 0 Å². The molecule has 3 aliphatic carbocycles. The molecule has 0 aliphatic heterocycles. The number of ether oxygens (including phenoxy) is 1. The molecule has 30 heavy (non-hydrogen) atoms. The first-order valence-electron chi connectivity index (χ1n) is 11.9. The highest BCUT2D eigenvalue weighted by atomic mass is 19.4. The fourth-order valence-corrected chi connectivity index (χ4v) is 6.90. The molecule has 4 rings (SSSR count). The molecule has 1 nitrogen and oxygen atoms in total. The van der Waals surface area contributed by atoms with Crippen LogP contribution in [0.15, 0.2) is 36.4 Å². The lowest BCUT2D eigenvalue weighted by atomic mass is 9.55. The number of alkyl halides is 3. The van der Waals surface area contributed by atoms with E-state index in [-0.39, 0.29) is 5.75 Å². The van der Waals surface area contributed by atoms with Crippen molar-refractivity contribution in [1.29, 1.82) is 0 Å². The molecule has 0 heterocycles. The van der Waals surface area contributed by atoms with Crippen LogP contribution in [0.4, 0.5) is 13.2 Å². The summed E-state index contributed by atoms with van der Waals surface area (Å²) in [5, 5.41) is 0. The van der Waals surface area contributed by atoms with Crippen molar-refractivity contribution in [1.82, 2.24) is 0 Å². The summed E-state index contributed by atoms with van der Waals surface area (Å²) in [4.78, 5) is 0. The van der Waals surface area contributed by atoms with Gasteiger partial charge in [-0.25, -0.2) is 0 Å². The van der Waals surface area contributed by atoms with Crippen LogP contribution >= 0.6 is 0 Å². The Morgan fingerprint density at radius 1 is 0.900 bits per heavy atom. The first kappa shape index (κ1) is 21.8. The normalized spacial score (nSPS) is 34.4. The van der Waals surface area contributed by atoms with Gasteiger partial charge in [0.2, 0.25) is 0 Å². The van der Waals surface area contributed by atoms with Crippen molar-refractivity contribution in [3.8, 4) is 5.75 Å². The molecule has 1 aromatic carbocycles. The largest absolute Gasteiger partial charge is 0.573 e. The Morgan fingerprint density at radius 2 is 1.57 bits per heavy atom. The molecule has 6 atom stereocenters. The highest BCUT2D eigenvalue weighted by Gasteiger charge is 2.44. The summed E-state index contributed by atoms with van der Waals surface area (Å²) in [5.41, 5.74) is 1.18. The molecule has 0 N–H and O–H groups in total. The maximum absolute atomic E-state index is 12.4. The fraction of sp³-hybridized carbons (Fsp3) is 0.692. The second-order valence-electron chi connectivity index (χ2n) is 9.88. The molecule has 0 amide bonds. The predicted molar refractivity (Wildman–Crippen MR) is 114 cm³/mol. The number of hydrogen-bond acceptors (Lipinski definition) is 1. The Morgan fingerprint density at radius 3 is 2.23 bits per heavy atom. The molecule has 3 saturated carbocycles. The summed E-state index contributed by atoms with van der Waals surface area (Å²) in [6.07, 6.45) is 13.1. The SMILES string of the molecule is CC=CCCC1CCC2C(CCC3CC(c4ccc(OC(F)(F)F)cc4)CCC32)C1. The van der Waals surface area contributed by atoms with E-state index in [2.05, 4.69) is 23.8 Å². The van der Waals surface area contributed by atoms with Crippen LogP contribution in [0.25, 0.3) is 0 Å². The zero-order chi connectivity index (χ0) is 21.1. The Labute approximate surface area is 179 Å². The monoisotopic (exact) mass is 420 g/mol. The summed E-state index contributed by atoms with van der Waals surface area (Å²) in [6, 6.07) is 6.63. The van der Waals surface area contributed by atoms with E-state index in [0.29, 0.717) is 5.92 Å². The quantitative estimate of drug-likeness (QED) is 0.436. The Bertz CT molecular complexity index is 708. The number of benzene rings is 1. The highest BCUT2D eigenvalue weighted by molar-refractivity contribution is 5.30. The minimum atomic E-state index is -4.62. The summed E-state index contributed by atoms with van der Waals surface area (Å²) in [5.74, 6) is 4.83. The zero-order valence-electron chi connectivity index (χ0n) is 18.0. The first-order valence-corrected chi connectivity index (χ1v) is 11.9. The van der Waals surface area contributed by atoms with Crippen LogP contribution in [-0.4, -0.2) is 6.36 Å². The molecule has 0 saturated heterocycles. The summed E-state index contributed by atoms with van der Waals surface area (Å²) in [7, 11) is 0. The van der Waals surface area contributed by atoms with Gasteiger partial charge in [0, 0.05) is 0 Å². The maximum atomic E-state index is 12.4. The zero-order valence-corrected chi connectivity index (χ0v) is 18.0. The van der Waals surface area contributed by atoms with Crippen molar-refractivity contribution in [2.24, 2.45) is 29.6 Å². The lowest BCUT2D eigenvalue weighted by molar-refractivity contribution is -0.274. The predicted octanol–water partition coefficient (Wildman–Crippen LogP) is 8.27. The van der Waals surface area contributed by atoms with Gasteiger partial charge in [-0.15, -0.1) is 13.2 Å². The van der Waals surface area contributed by atoms with E-state index in [4.69, 9.17) is 0 Å². The van der Waals surface area contributed by atoms with Crippen LogP contribution in [0, 0.1) is 29.6 Å². The van der Waals surface area contributed by atoms with Gasteiger partial charge < -0.3 is 4.74 Å². The summed E-state index contributed by atoms with van der Waals surface area (Å²) < 4.78 is 41.2. The van der Waals surface area contributed by atoms with Gasteiger partial charge in [0.1, 0.15) is 5.75 Å². The van der Waals surface area contributed by atoms with Crippen LogP contribution < -0.4 is 4.74 Å². The Hall–Kier alpha value is -1.45. The standard InChI is InChI=1S/C26H35F3O/c1-2-3-4-5-18-6-14-24-21(16-18)7-8-22-17-20(11-15-25(22)24)19-9-12-23(13-10-19)30-26(27,28)29/h2-3,9-10,12-13,18,20-22,24-25H,4-8,11,14-17H2,1H3. The summed E-state index contributed by atoms with van der Waals surface area (Å²) in [6.45, 7) is 2.11. The van der Waals surface area contributed by atoms with Crippen molar-refractivity contribution in [2.45, 2.75) is 83.4 Å². The Kier molecular flexibility index (Phi) is 6.79. The molecule has 0 radical (unpaired) electrons. The summed E-state index contributed by atoms with van der Waals surface area (Å²) >= 11 is 0. The third-order valence-corrected chi connectivity index (χ3v) is 8.21. The van der Waals surface area contributed by atoms with Crippen LogP contribution in [-0.2, 0) is 0 Å². The van der Waals surface area contributed by atoms with Gasteiger partial charge in [0.25, 0.3) is 0 Å². The second-order valence-corrected chi connectivity index (χ2v) is 9.88. The van der Waals surface area contributed by atoms with E-state index in [1.807, 2.05) is 12.1 Å². The van der Waals surface area contributed by atoms with Gasteiger partial charge in [-0.1, -0.05) is 30.7 Å². The van der Waals surface area contributed by atoms with Crippen LogP contribution in [0.2, 0.25) is 0 Å². The third-order valence-electron chi connectivity index (χ3n) is 8.21. The molecule has 4 heteroatoms. The average Bonchev–Trinajstić information content (AvgIpc) is 2.73. The van der Waals surface area contributed by atoms with Crippen molar-refractivity contribution in [3.63, 3.8) is 0 Å². The molecule has 6 unspecified atom stereocenters. The average molecular weight is 421 g/mol. The number of fused-ring (bicyclic) bond motifs is 3. The molecule has 1 aromatic rings. The molecular weight excluding hydrogens is 385 g/mol. The van der Waals surface area contributed by atoms with Crippen molar-refractivity contribution >= 4 is 0 Å². The Balaban J connectivity index is 1.32. The molecular formula is C26H35F3O. The molecule has 3 fully saturated rings. The van der Waals surface area contributed by atoms with Crippen LogP contribution in [0.5, 0.6) is 5.75 Å². The number of rotatable bonds is 5. The molecule has 0 spiro atoms.